The van der Waals surface area contributed by atoms with Crippen molar-refractivity contribution in [3.05, 3.63) is 0 Å². The zero-order valence-electron chi connectivity index (χ0n) is 18.6. The Morgan fingerprint density at radius 3 is 2.19 bits per heavy atom. The fourth-order valence-corrected chi connectivity index (χ4v) is 2.68. The van der Waals surface area contributed by atoms with E-state index in [0.717, 1.165) is 25.8 Å². The van der Waals surface area contributed by atoms with Gasteiger partial charge in [0.1, 0.15) is 0 Å². The van der Waals surface area contributed by atoms with Gasteiger partial charge in [0.05, 0.1) is 25.7 Å². The third kappa shape index (κ3) is 13.6. The molecule has 160 valence electrons. The number of carbonyl (C=O) groups is 2. The maximum Gasteiger partial charge on any atom is 0.222 e. The minimum atomic E-state index is -0.263. The molecule has 2 N–H and O–H groups in total. The normalized spacial score (nSPS) is 13.3. The Balaban J connectivity index is 4.30. The van der Waals surface area contributed by atoms with Crippen LogP contribution in [-0.2, 0) is 19.1 Å². The summed E-state index contributed by atoms with van der Waals surface area (Å²) >= 11 is 0. The summed E-state index contributed by atoms with van der Waals surface area (Å²) in [6.45, 7) is 14.6. The molecular weight excluding hydrogens is 344 g/mol. The maximum absolute atomic E-state index is 12.2. The smallest absolute Gasteiger partial charge is 0.222 e. The minimum Gasteiger partial charge on any atom is -0.384 e. The zero-order valence-corrected chi connectivity index (χ0v) is 18.6. The SMILES string of the molecule is CCCCNC(=O)CC(C)(C)COC(CC)CC(=O)NCC(C)(C)COC. The number of carbonyl (C=O) groups excluding carboxylic acids is 2. The summed E-state index contributed by atoms with van der Waals surface area (Å²) in [7, 11) is 1.66. The molecule has 0 fully saturated rings. The van der Waals surface area contributed by atoms with E-state index in [-0.39, 0.29) is 28.7 Å². The van der Waals surface area contributed by atoms with Crippen molar-refractivity contribution in [3.63, 3.8) is 0 Å². The van der Waals surface area contributed by atoms with Gasteiger partial charge in [-0.3, -0.25) is 9.59 Å². The Bertz CT molecular complexity index is 436. The van der Waals surface area contributed by atoms with Gasteiger partial charge in [-0.15, -0.1) is 0 Å². The van der Waals surface area contributed by atoms with Gasteiger partial charge in [-0.05, 0) is 18.3 Å². The van der Waals surface area contributed by atoms with Crippen molar-refractivity contribution in [2.24, 2.45) is 10.8 Å². The molecule has 6 heteroatoms. The van der Waals surface area contributed by atoms with Crippen LogP contribution in [0.4, 0.5) is 0 Å². The average molecular weight is 387 g/mol. The molecule has 0 saturated heterocycles. The highest BCUT2D eigenvalue weighted by molar-refractivity contribution is 5.77. The maximum atomic E-state index is 12.2. The lowest BCUT2D eigenvalue weighted by molar-refractivity contribution is -0.128. The second kappa shape index (κ2) is 13.1. The van der Waals surface area contributed by atoms with Gasteiger partial charge in [-0.2, -0.15) is 0 Å². The van der Waals surface area contributed by atoms with Crippen LogP contribution in [0.2, 0.25) is 0 Å². The number of unbranched alkanes of at least 4 members (excludes halogenated alkanes) is 1. The van der Waals surface area contributed by atoms with E-state index in [9.17, 15) is 9.59 Å². The first-order chi connectivity index (χ1) is 12.5. The molecule has 6 nitrogen and oxygen atoms in total. The number of nitrogens with one attached hydrogen (secondary N) is 2. The molecule has 0 aromatic heterocycles. The number of hydrogen-bond acceptors (Lipinski definition) is 4. The molecule has 0 heterocycles. The molecule has 0 aliphatic rings. The third-order valence-corrected chi connectivity index (χ3v) is 4.37. The highest BCUT2D eigenvalue weighted by atomic mass is 16.5. The number of hydrogen-bond donors (Lipinski definition) is 2. The van der Waals surface area contributed by atoms with Crippen LogP contribution in [0.3, 0.4) is 0 Å². The van der Waals surface area contributed by atoms with Crippen molar-refractivity contribution in [1.82, 2.24) is 10.6 Å². The van der Waals surface area contributed by atoms with Gasteiger partial charge in [0.15, 0.2) is 0 Å². The van der Waals surface area contributed by atoms with Crippen molar-refractivity contribution in [2.75, 3.05) is 33.4 Å². The molecule has 0 aromatic rings. The summed E-state index contributed by atoms with van der Waals surface area (Å²) in [4.78, 5) is 24.2. The Hall–Kier alpha value is -1.14. The van der Waals surface area contributed by atoms with Crippen molar-refractivity contribution in [3.8, 4) is 0 Å². The van der Waals surface area contributed by atoms with E-state index in [4.69, 9.17) is 9.47 Å². The summed E-state index contributed by atoms with van der Waals surface area (Å²) < 4.78 is 11.1. The quantitative estimate of drug-likeness (QED) is 0.423. The van der Waals surface area contributed by atoms with E-state index in [1.54, 1.807) is 7.11 Å². The standard InChI is InChI=1S/C21H42N2O4/c1-8-10-11-22-19(25)13-20(3,4)16-27-17(9-2)12-18(24)23-14-21(5,6)15-26-7/h17H,8-16H2,1-7H3,(H,22,25)(H,23,24). The number of ether oxygens (including phenoxy) is 2. The van der Waals surface area contributed by atoms with E-state index in [2.05, 4.69) is 31.4 Å². The van der Waals surface area contributed by atoms with E-state index in [1.807, 2.05) is 20.8 Å². The largest absolute Gasteiger partial charge is 0.384 e. The summed E-state index contributed by atoms with van der Waals surface area (Å²) in [5, 5.41) is 5.91. The minimum absolute atomic E-state index is 0.0128. The van der Waals surface area contributed by atoms with Gasteiger partial charge in [-0.1, -0.05) is 48.0 Å². The van der Waals surface area contributed by atoms with Crippen LogP contribution in [0.5, 0.6) is 0 Å². The molecule has 0 bridgehead atoms. The fraction of sp³-hybridized carbons (Fsp3) is 0.905. The molecule has 1 unspecified atom stereocenters. The van der Waals surface area contributed by atoms with Gasteiger partial charge in [0.2, 0.25) is 11.8 Å². The van der Waals surface area contributed by atoms with Crippen LogP contribution in [0.15, 0.2) is 0 Å². The lowest BCUT2D eigenvalue weighted by atomic mass is 9.90. The molecule has 0 radical (unpaired) electrons. The van der Waals surface area contributed by atoms with Crippen LogP contribution in [-0.4, -0.2) is 51.3 Å². The second-order valence-corrected chi connectivity index (χ2v) is 8.96. The number of rotatable bonds is 15. The summed E-state index contributed by atoms with van der Waals surface area (Å²) in [6, 6.07) is 0. The highest BCUT2D eigenvalue weighted by Crippen LogP contribution is 2.22. The van der Waals surface area contributed by atoms with E-state index in [0.29, 0.717) is 32.6 Å². The highest BCUT2D eigenvalue weighted by Gasteiger charge is 2.25. The van der Waals surface area contributed by atoms with Gasteiger partial charge in [0.25, 0.3) is 0 Å². The predicted octanol–water partition coefficient (Wildman–Crippen LogP) is 3.29. The monoisotopic (exact) mass is 386 g/mol. The van der Waals surface area contributed by atoms with Crippen molar-refractivity contribution in [1.29, 1.82) is 0 Å². The predicted molar refractivity (Wildman–Crippen MR) is 110 cm³/mol. The van der Waals surface area contributed by atoms with Crippen LogP contribution in [0.25, 0.3) is 0 Å². The Labute approximate surface area is 166 Å². The lowest BCUT2D eigenvalue weighted by Crippen LogP contribution is -2.38. The molecule has 0 aliphatic carbocycles. The second-order valence-electron chi connectivity index (χ2n) is 8.96. The van der Waals surface area contributed by atoms with Crippen molar-refractivity contribution in [2.45, 2.75) is 79.8 Å². The topological polar surface area (TPSA) is 76.7 Å². The first-order valence-corrected chi connectivity index (χ1v) is 10.2. The van der Waals surface area contributed by atoms with E-state index < -0.39 is 0 Å². The third-order valence-electron chi connectivity index (χ3n) is 4.37. The summed E-state index contributed by atoms with van der Waals surface area (Å²) in [5.41, 5.74) is -0.360. The summed E-state index contributed by atoms with van der Waals surface area (Å²) in [6.07, 6.45) is 3.43. The number of amides is 2. The van der Waals surface area contributed by atoms with Crippen LogP contribution in [0, 0.1) is 10.8 Å². The average Bonchev–Trinajstić information content (AvgIpc) is 2.56. The fourth-order valence-electron chi connectivity index (χ4n) is 2.68. The van der Waals surface area contributed by atoms with E-state index in [1.165, 1.54) is 0 Å². The van der Waals surface area contributed by atoms with Gasteiger partial charge in [0, 0.05) is 32.0 Å². The summed E-state index contributed by atoms with van der Waals surface area (Å²) in [5.74, 6) is 0.0457. The molecule has 0 aliphatic heterocycles. The van der Waals surface area contributed by atoms with Crippen LogP contribution < -0.4 is 10.6 Å². The first-order valence-electron chi connectivity index (χ1n) is 10.2. The molecule has 0 spiro atoms. The molecular formula is C21H42N2O4. The molecule has 2 amide bonds. The van der Waals surface area contributed by atoms with Crippen LogP contribution in [0.1, 0.15) is 73.6 Å². The Morgan fingerprint density at radius 2 is 1.63 bits per heavy atom. The lowest BCUT2D eigenvalue weighted by Gasteiger charge is -2.27. The Morgan fingerprint density at radius 1 is 0.963 bits per heavy atom. The van der Waals surface area contributed by atoms with Crippen molar-refractivity contribution >= 4 is 11.8 Å². The first kappa shape index (κ1) is 25.9. The number of methoxy groups -OCH3 is 1. The van der Waals surface area contributed by atoms with Crippen molar-refractivity contribution < 1.29 is 19.1 Å². The van der Waals surface area contributed by atoms with Gasteiger partial charge in [-0.25, -0.2) is 0 Å². The molecule has 1 atom stereocenters. The zero-order chi connectivity index (χ0) is 20.9. The molecule has 27 heavy (non-hydrogen) atoms. The van der Waals surface area contributed by atoms with Gasteiger partial charge < -0.3 is 20.1 Å². The van der Waals surface area contributed by atoms with Crippen LogP contribution >= 0.6 is 0 Å². The molecule has 0 aromatic carbocycles. The Kier molecular flexibility index (Phi) is 12.6. The molecule has 0 saturated carbocycles. The molecule has 0 rings (SSSR count). The van der Waals surface area contributed by atoms with E-state index >= 15 is 0 Å². The van der Waals surface area contributed by atoms with Gasteiger partial charge >= 0.3 is 0 Å².